The fraction of sp³-hybridized carbons (Fsp3) is 0.130. The lowest BCUT2D eigenvalue weighted by atomic mass is 9.77. The summed E-state index contributed by atoms with van der Waals surface area (Å²) in [5, 5.41) is 28.5. The van der Waals surface area contributed by atoms with Crippen LogP contribution in [0.1, 0.15) is 23.6 Å². The second-order valence-electron chi connectivity index (χ2n) is 7.27. The number of hydrogen-bond donors (Lipinski definition) is 2. The van der Waals surface area contributed by atoms with Gasteiger partial charge in [-0.05, 0) is 72.2 Å². The summed E-state index contributed by atoms with van der Waals surface area (Å²) >= 11 is 0. The summed E-state index contributed by atoms with van der Waals surface area (Å²) in [6.45, 7) is 1.93. The average molecular weight is 420 g/mol. The number of nitrogens with zero attached hydrogens (tertiary/aromatic N) is 2. The zero-order chi connectivity index (χ0) is 21.5. The summed E-state index contributed by atoms with van der Waals surface area (Å²) in [5.41, 5.74) is 2.93. The molecule has 0 bridgehead atoms. The average Bonchev–Trinajstić information content (AvgIpc) is 3.07. The van der Waals surface area contributed by atoms with Crippen LogP contribution in [0.2, 0.25) is 0 Å². The third-order valence-electron chi connectivity index (χ3n) is 5.32. The number of phenolic OH excluding ortho intramolecular Hbond substituents is 2. The summed E-state index contributed by atoms with van der Waals surface area (Å²) < 4.78 is 23.8. The molecule has 0 saturated heterocycles. The van der Waals surface area contributed by atoms with E-state index in [2.05, 4.69) is 10.2 Å². The Hall–Kier alpha value is -3.45. The molecule has 0 amide bonds. The van der Waals surface area contributed by atoms with Crippen LogP contribution in [0.4, 0.5) is 0 Å². The molecule has 2 N–H and O–H groups in total. The lowest BCUT2D eigenvalue weighted by molar-refractivity contribution is 0.474. The molecule has 0 saturated carbocycles. The van der Waals surface area contributed by atoms with Crippen molar-refractivity contribution in [3.8, 4) is 11.5 Å². The maximum absolute atomic E-state index is 11.9. The van der Waals surface area contributed by atoms with E-state index in [-0.39, 0.29) is 16.4 Å². The molecule has 3 aromatic rings. The molecule has 1 aliphatic heterocycles. The molecule has 1 aliphatic rings. The van der Waals surface area contributed by atoms with Gasteiger partial charge in [-0.1, -0.05) is 24.3 Å². The molecule has 4 rings (SSSR count). The smallest absolute Gasteiger partial charge is 0.175 e. The first kappa shape index (κ1) is 19.8. The predicted molar refractivity (Wildman–Crippen MR) is 114 cm³/mol. The molecule has 6 nitrogen and oxygen atoms in total. The van der Waals surface area contributed by atoms with Crippen LogP contribution in [0, 0.1) is 0 Å². The van der Waals surface area contributed by atoms with Gasteiger partial charge in [-0.15, -0.1) is 0 Å². The molecule has 1 atom stereocenters. The van der Waals surface area contributed by atoms with Gasteiger partial charge >= 0.3 is 0 Å². The summed E-state index contributed by atoms with van der Waals surface area (Å²) in [4.78, 5) is 0.224. The molecule has 0 aromatic heterocycles. The minimum absolute atomic E-state index is 0.136. The van der Waals surface area contributed by atoms with Gasteiger partial charge in [0.05, 0.1) is 10.6 Å². The Kier molecular flexibility index (Phi) is 4.70. The van der Waals surface area contributed by atoms with E-state index < -0.39 is 15.4 Å². The molecule has 1 heterocycles. The molecule has 0 fully saturated rings. The highest BCUT2D eigenvalue weighted by Gasteiger charge is 2.42. The maximum atomic E-state index is 11.9. The molecule has 0 radical (unpaired) electrons. The highest BCUT2D eigenvalue weighted by atomic mass is 32.2. The van der Waals surface area contributed by atoms with Gasteiger partial charge in [0, 0.05) is 11.8 Å². The first-order valence-electron chi connectivity index (χ1n) is 9.25. The van der Waals surface area contributed by atoms with Crippen molar-refractivity contribution >= 4 is 15.5 Å². The molecule has 7 heteroatoms. The van der Waals surface area contributed by atoms with E-state index in [4.69, 9.17) is 0 Å². The van der Waals surface area contributed by atoms with Crippen LogP contribution in [0.15, 0.2) is 93.5 Å². The Balaban J connectivity index is 1.93. The lowest BCUT2D eigenvalue weighted by Gasteiger charge is -2.28. The molecular weight excluding hydrogens is 400 g/mol. The van der Waals surface area contributed by atoms with E-state index in [1.807, 2.05) is 6.92 Å². The number of aromatic hydroxyl groups is 2. The van der Waals surface area contributed by atoms with Crippen LogP contribution in [-0.4, -0.2) is 24.9 Å². The minimum Gasteiger partial charge on any atom is -0.508 e. The Bertz CT molecular complexity index is 1260. The van der Waals surface area contributed by atoms with Crippen molar-refractivity contribution in [2.24, 2.45) is 10.2 Å². The van der Waals surface area contributed by atoms with Gasteiger partial charge in [0.15, 0.2) is 15.4 Å². The Morgan fingerprint density at radius 1 is 0.767 bits per heavy atom. The highest BCUT2D eigenvalue weighted by Crippen LogP contribution is 2.49. The van der Waals surface area contributed by atoms with Crippen molar-refractivity contribution < 1.29 is 18.6 Å². The number of rotatable bonds is 4. The first-order valence-corrected chi connectivity index (χ1v) is 11.1. The van der Waals surface area contributed by atoms with Gasteiger partial charge in [0.1, 0.15) is 11.5 Å². The second-order valence-corrected chi connectivity index (χ2v) is 9.29. The van der Waals surface area contributed by atoms with Crippen LogP contribution in [0.25, 0.3) is 5.70 Å². The SMILES string of the molecule is CC1=C(c2ccc(O)cc2)N=NC1(c1ccc(O)cc1)c1ccc(S(C)(=O)=O)cc1. The van der Waals surface area contributed by atoms with Gasteiger partial charge in [-0.2, -0.15) is 10.2 Å². The van der Waals surface area contributed by atoms with Gasteiger partial charge in [0.25, 0.3) is 0 Å². The summed E-state index contributed by atoms with van der Waals surface area (Å²) in [5.74, 6) is 0.296. The lowest BCUT2D eigenvalue weighted by Crippen LogP contribution is -2.25. The maximum Gasteiger partial charge on any atom is 0.175 e. The molecule has 152 valence electrons. The van der Waals surface area contributed by atoms with Crippen molar-refractivity contribution in [1.82, 2.24) is 0 Å². The fourth-order valence-corrected chi connectivity index (χ4v) is 4.33. The highest BCUT2D eigenvalue weighted by molar-refractivity contribution is 7.90. The van der Waals surface area contributed by atoms with Crippen LogP contribution < -0.4 is 0 Å². The monoisotopic (exact) mass is 420 g/mol. The van der Waals surface area contributed by atoms with Crippen molar-refractivity contribution in [1.29, 1.82) is 0 Å². The van der Waals surface area contributed by atoms with Gasteiger partial charge < -0.3 is 10.2 Å². The first-order chi connectivity index (χ1) is 14.2. The zero-order valence-electron chi connectivity index (χ0n) is 16.4. The zero-order valence-corrected chi connectivity index (χ0v) is 17.3. The fourth-order valence-electron chi connectivity index (χ4n) is 3.70. The Labute approximate surface area is 174 Å². The van der Waals surface area contributed by atoms with E-state index in [0.29, 0.717) is 5.70 Å². The van der Waals surface area contributed by atoms with E-state index in [0.717, 1.165) is 22.3 Å². The molecule has 0 spiro atoms. The van der Waals surface area contributed by atoms with Crippen LogP contribution in [0.3, 0.4) is 0 Å². The van der Waals surface area contributed by atoms with E-state index >= 15 is 0 Å². The van der Waals surface area contributed by atoms with Gasteiger partial charge in [-0.25, -0.2) is 8.42 Å². The quantitative estimate of drug-likeness (QED) is 0.642. The van der Waals surface area contributed by atoms with Crippen molar-refractivity contribution in [3.05, 3.63) is 95.1 Å². The molecular formula is C23H20N2O4S. The van der Waals surface area contributed by atoms with Crippen molar-refractivity contribution in [2.75, 3.05) is 6.26 Å². The standard InChI is InChI=1S/C23H20N2O4S/c1-15-22(16-3-9-19(26)10-4-16)24-25-23(15,17-5-11-20(27)12-6-17)18-7-13-21(14-8-18)30(2,28)29/h3-14,26-27H,1-2H3. The molecule has 30 heavy (non-hydrogen) atoms. The molecule has 3 aromatic carbocycles. The van der Waals surface area contributed by atoms with Gasteiger partial charge in [0.2, 0.25) is 0 Å². The number of sulfone groups is 1. The molecule has 1 unspecified atom stereocenters. The third kappa shape index (κ3) is 3.27. The third-order valence-corrected chi connectivity index (χ3v) is 6.45. The normalized spacial score (nSPS) is 18.7. The number of azo groups is 1. The predicted octanol–water partition coefficient (Wildman–Crippen LogP) is 4.64. The second kappa shape index (κ2) is 7.11. The minimum atomic E-state index is -3.33. The Morgan fingerprint density at radius 2 is 1.23 bits per heavy atom. The summed E-state index contributed by atoms with van der Waals surface area (Å²) in [7, 11) is -3.33. The topological polar surface area (TPSA) is 99.3 Å². The Morgan fingerprint density at radius 3 is 1.73 bits per heavy atom. The van der Waals surface area contributed by atoms with E-state index in [1.165, 1.54) is 6.26 Å². The number of phenols is 2. The van der Waals surface area contributed by atoms with Crippen LogP contribution in [-0.2, 0) is 15.4 Å². The van der Waals surface area contributed by atoms with Crippen LogP contribution >= 0.6 is 0 Å². The summed E-state index contributed by atoms with van der Waals surface area (Å²) in [6.07, 6.45) is 1.17. The van der Waals surface area contributed by atoms with Crippen molar-refractivity contribution in [2.45, 2.75) is 17.4 Å². The largest absolute Gasteiger partial charge is 0.508 e. The number of hydrogen-bond acceptors (Lipinski definition) is 6. The molecule has 0 aliphatic carbocycles. The van der Waals surface area contributed by atoms with E-state index in [1.54, 1.807) is 72.8 Å². The van der Waals surface area contributed by atoms with Gasteiger partial charge in [-0.3, -0.25) is 0 Å². The van der Waals surface area contributed by atoms with E-state index in [9.17, 15) is 18.6 Å². The summed E-state index contributed by atoms with van der Waals surface area (Å²) in [6, 6.07) is 20.1. The van der Waals surface area contributed by atoms with Crippen LogP contribution in [0.5, 0.6) is 11.5 Å². The van der Waals surface area contributed by atoms with Crippen molar-refractivity contribution in [3.63, 3.8) is 0 Å². The number of benzene rings is 3.